The van der Waals surface area contributed by atoms with Crippen LogP contribution in [-0.4, -0.2) is 16.0 Å². The normalized spacial score (nSPS) is 3.78. The fourth-order valence-electron chi connectivity index (χ4n) is 0. The Labute approximate surface area is 70.7 Å². The zero-order valence-electron chi connectivity index (χ0n) is 4.28. The van der Waals surface area contributed by atoms with E-state index < -0.39 is 0 Å². The van der Waals surface area contributed by atoms with Crippen molar-refractivity contribution in [1.29, 1.82) is 10.8 Å². The van der Waals surface area contributed by atoms with Crippen LogP contribution in [-0.2, 0) is 9.59 Å². The average molecular weight is 262 g/mol. The van der Waals surface area contributed by atoms with Crippen LogP contribution in [0, 0.1) is 10.8 Å². The maximum atomic E-state index is 8.35. The minimum Gasteiger partial charge on any atom is -0.222 e. The van der Waals surface area contributed by atoms with Gasteiger partial charge in [-0.3, -0.25) is 0 Å². The van der Waals surface area contributed by atoms with E-state index in [2.05, 4.69) is 22.6 Å². The van der Waals surface area contributed by atoms with Crippen molar-refractivity contribution in [1.82, 2.24) is 0 Å². The van der Waals surface area contributed by atoms with Gasteiger partial charge in [-0.1, -0.05) is 22.6 Å². The van der Waals surface area contributed by atoms with Crippen LogP contribution in [0.15, 0.2) is 0 Å². The van der Waals surface area contributed by atoms with E-state index in [0.717, 1.165) is 12.2 Å². The second kappa shape index (κ2) is 46.3. The minimum absolute atomic E-state index is 0.692. The van der Waals surface area contributed by atoms with Gasteiger partial charge in [-0.25, -0.2) is 20.4 Å². The highest BCUT2D eigenvalue weighted by Crippen LogP contribution is 1.80. The molecule has 0 radical (unpaired) electrons. The number of nitrogens with one attached hydrogen (secondary N) is 2. The zero-order valence-corrected chi connectivity index (χ0v) is 7.19. The summed E-state index contributed by atoms with van der Waals surface area (Å²) in [5.74, 6) is 0. The van der Waals surface area contributed by atoms with Crippen LogP contribution >= 0.6 is 34.2 Å². The van der Waals surface area contributed by atoms with E-state index in [0.29, 0.717) is 3.89 Å². The Bertz CT molecular complexity index is 84.0. The lowest BCUT2D eigenvalue weighted by atomic mass is 11.7. The van der Waals surface area contributed by atoms with Gasteiger partial charge in [0.25, 0.3) is 0 Å². The number of carbonyl (C=O) groups excluding carboxylic acids is 2. The van der Waals surface area contributed by atoms with Gasteiger partial charge in [0.1, 0.15) is 0 Å². The van der Waals surface area contributed by atoms with Gasteiger partial charge >= 0.3 is 0 Å². The SMILES string of the molecule is ClCI.N=C=O.N=C=O. The van der Waals surface area contributed by atoms with Crippen LogP contribution in [0.2, 0.25) is 0 Å². The number of hydrogen-bond acceptors (Lipinski definition) is 4. The summed E-state index contributed by atoms with van der Waals surface area (Å²) in [7, 11) is 0. The van der Waals surface area contributed by atoms with Gasteiger partial charge in [0.05, 0.1) is 3.89 Å². The molecular weight excluding hydrogens is 258 g/mol. The molecule has 0 unspecified atom stereocenters. The van der Waals surface area contributed by atoms with Gasteiger partial charge in [-0.05, 0) is 0 Å². The number of alkyl halides is 2. The molecule has 0 bridgehead atoms. The first kappa shape index (κ1) is 15.9. The van der Waals surface area contributed by atoms with Crippen LogP contribution in [0.25, 0.3) is 0 Å². The molecule has 6 heteroatoms. The van der Waals surface area contributed by atoms with Crippen molar-refractivity contribution < 1.29 is 9.59 Å². The van der Waals surface area contributed by atoms with Crippen molar-refractivity contribution in [2.45, 2.75) is 0 Å². The molecule has 0 fully saturated rings. The Kier molecular flexibility index (Phi) is 81.8. The summed E-state index contributed by atoms with van der Waals surface area (Å²) in [4.78, 5) is 16.7. The largest absolute Gasteiger partial charge is 0.231 e. The highest BCUT2D eigenvalue weighted by molar-refractivity contribution is 14.1. The molecule has 0 spiro atoms. The van der Waals surface area contributed by atoms with Crippen molar-refractivity contribution in [3.8, 4) is 0 Å². The molecule has 0 aliphatic rings. The smallest absolute Gasteiger partial charge is 0.222 e. The maximum absolute atomic E-state index is 8.35. The maximum Gasteiger partial charge on any atom is 0.231 e. The molecule has 4 nitrogen and oxygen atoms in total. The Balaban J connectivity index is -0.0000000600. The standard InChI is InChI=1S/CH2ClI.2CHNO/c3*2-1-3/h1H2;2*2H. The second-order valence-corrected chi connectivity index (χ2v) is 2.24. The lowest BCUT2D eigenvalue weighted by molar-refractivity contribution is 0.562. The van der Waals surface area contributed by atoms with Crippen molar-refractivity contribution in [2.75, 3.05) is 3.89 Å². The molecule has 0 aliphatic carbocycles. The second-order valence-electron chi connectivity index (χ2n) is 0.305. The molecule has 0 heterocycles. The highest BCUT2D eigenvalue weighted by atomic mass is 127. The monoisotopic (exact) mass is 262 g/mol. The molecule has 9 heavy (non-hydrogen) atoms. The Morgan fingerprint density at radius 2 is 1.33 bits per heavy atom. The van der Waals surface area contributed by atoms with Gasteiger partial charge in [-0.2, -0.15) is 0 Å². The van der Waals surface area contributed by atoms with Crippen molar-refractivity contribution >= 4 is 46.4 Å². The summed E-state index contributed by atoms with van der Waals surface area (Å²) in [6.07, 6.45) is 1.50. The van der Waals surface area contributed by atoms with Gasteiger partial charge < -0.3 is 0 Å². The van der Waals surface area contributed by atoms with E-state index in [1.807, 2.05) is 0 Å². The predicted molar refractivity (Wildman–Crippen MR) is 41.6 cm³/mol. The molecule has 0 amide bonds. The van der Waals surface area contributed by atoms with E-state index in [4.69, 9.17) is 32.0 Å². The van der Waals surface area contributed by atoms with E-state index >= 15 is 0 Å². The molecule has 2 N–H and O–H groups in total. The summed E-state index contributed by atoms with van der Waals surface area (Å²) in [6.45, 7) is 0. The molecule has 0 aromatic heterocycles. The van der Waals surface area contributed by atoms with Gasteiger partial charge in [0.15, 0.2) is 0 Å². The molecule has 0 aromatic rings. The van der Waals surface area contributed by atoms with Crippen LogP contribution in [0.3, 0.4) is 0 Å². The fraction of sp³-hybridized carbons (Fsp3) is 0.333. The van der Waals surface area contributed by atoms with Crippen LogP contribution in [0.5, 0.6) is 0 Å². The Hall–Kier alpha value is -0.220. The number of hydrogen-bond donors (Lipinski definition) is 2. The fourth-order valence-corrected chi connectivity index (χ4v) is 0. The summed E-state index contributed by atoms with van der Waals surface area (Å²) in [6, 6.07) is 0. The van der Waals surface area contributed by atoms with E-state index in [-0.39, 0.29) is 0 Å². The first-order chi connectivity index (χ1) is 4.24. The highest BCUT2D eigenvalue weighted by Gasteiger charge is 1.41. The van der Waals surface area contributed by atoms with Gasteiger partial charge in [0, 0.05) is 0 Å². The molecular formula is C3H4ClIN2O2. The molecule has 0 saturated heterocycles. The third-order valence-electron chi connectivity index (χ3n) is 0. The van der Waals surface area contributed by atoms with Crippen molar-refractivity contribution in [2.24, 2.45) is 0 Å². The third-order valence-corrected chi connectivity index (χ3v) is 0. The molecule has 0 rings (SSSR count). The molecule has 52 valence electrons. The minimum atomic E-state index is 0.692. The summed E-state index contributed by atoms with van der Waals surface area (Å²) in [5, 5.41) is 10.8. The quantitative estimate of drug-likeness (QED) is 0.299. The summed E-state index contributed by atoms with van der Waals surface area (Å²) in [5.41, 5.74) is 0. The van der Waals surface area contributed by atoms with Crippen LogP contribution in [0.1, 0.15) is 0 Å². The molecule has 0 atom stereocenters. The molecule has 0 saturated carbocycles. The zero-order chi connectivity index (χ0) is 8.12. The first-order valence-corrected chi connectivity index (χ1v) is 3.50. The third kappa shape index (κ3) is 5370. The van der Waals surface area contributed by atoms with Crippen LogP contribution < -0.4 is 0 Å². The Morgan fingerprint density at radius 3 is 1.33 bits per heavy atom. The van der Waals surface area contributed by atoms with E-state index in [1.165, 1.54) is 0 Å². The summed E-state index contributed by atoms with van der Waals surface area (Å²) >= 11 is 7.04. The van der Waals surface area contributed by atoms with Gasteiger partial charge in [0.2, 0.25) is 12.2 Å². The lowest BCUT2D eigenvalue weighted by Crippen LogP contribution is -1.21. The van der Waals surface area contributed by atoms with Crippen LogP contribution in [0.4, 0.5) is 0 Å². The van der Waals surface area contributed by atoms with E-state index in [9.17, 15) is 0 Å². The van der Waals surface area contributed by atoms with Gasteiger partial charge in [-0.15, -0.1) is 11.6 Å². The first-order valence-electron chi connectivity index (χ1n) is 1.44. The topological polar surface area (TPSA) is 81.8 Å². The average Bonchev–Trinajstić information content (AvgIpc) is 1.70. The number of halogens is 2. The number of isocyanates is 2. The van der Waals surface area contributed by atoms with E-state index in [1.54, 1.807) is 0 Å². The number of rotatable bonds is 0. The summed E-state index contributed by atoms with van der Waals surface area (Å²) < 4.78 is 0.692. The van der Waals surface area contributed by atoms with Crippen molar-refractivity contribution in [3.05, 3.63) is 0 Å². The lowest BCUT2D eigenvalue weighted by Gasteiger charge is -1.43. The molecule has 0 aromatic carbocycles. The predicted octanol–water partition coefficient (Wildman–Crippen LogP) is 1.42. The van der Waals surface area contributed by atoms with Crippen molar-refractivity contribution in [3.63, 3.8) is 0 Å². The molecule has 0 aliphatic heterocycles. The Morgan fingerprint density at radius 1 is 1.33 bits per heavy atom.